The molecule has 1 fully saturated rings. The van der Waals surface area contributed by atoms with Crippen LogP contribution in [0.15, 0.2) is 22.7 Å². The molecule has 20 heavy (non-hydrogen) atoms. The van der Waals surface area contributed by atoms with Crippen LogP contribution in [0.2, 0.25) is 0 Å². The third kappa shape index (κ3) is 3.82. The summed E-state index contributed by atoms with van der Waals surface area (Å²) in [6, 6.07) is 5.79. The van der Waals surface area contributed by atoms with Gasteiger partial charge in [-0.3, -0.25) is 0 Å². The van der Waals surface area contributed by atoms with Crippen molar-refractivity contribution >= 4 is 15.9 Å². The average Bonchev–Trinajstić information content (AvgIpc) is 2.38. The lowest BCUT2D eigenvalue weighted by atomic mass is 9.77. The molecule has 0 heterocycles. The van der Waals surface area contributed by atoms with Gasteiger partial charge in [-0.05, 0) is 49.3 Å². The zero-order valence-electron chi connectivity index (χ0n) is 12.6. The Morgan fingerprint density at radius 3 is 2.55 bits per heavy atom. The van der Waals surface area contributed by atoms with Crippen LogP contribution in [0.1, 0.15) is 58.1 Å². The molecule has 1 N–H and O–H groups in total. The highest BCUT2D eigenvalue weighted by Crippen LogP contribution is 2.33. The van der Waals surface area contributed by atoms with Gasteiger partial charge in [-0.25, -0.2) is 4.39 Å². The lowest BCUT2D eigenvalue weighted by Crippen LogP contribution is -2.42. The van der Waals surface area contributed by atoms with Crippen molar-refractivity contribution in [2.24, 2.45) is 11.8 Å². The summed E-state index contributed by atoms with van der Waals surface area (Å²) < 4.78 is 14.0. The minimum atomic E-state index is -0.189. The zero-order chi connectivity index (χ0) is 14.7. The maximum atomic E-state index is 13.2. The van der Waals surface area contributed by atoms with Crippen molar-refractivity contribution in [3.63, 3.8) is 0 Å². The molecule has 0 spiro atoms. The van der Waals surface area contributed by atoms with Crippen molar-refractivity contribution in [2.45, 2.75) is 58.5 Å². The Bertz CT molecular complexity index is 447. The van der Waals surface area contributed by atoms with Crippen LogP contribution in [0.5, 0.6) is 0 Å². The summed E-state index contributed by atoms with van der Waals surface area (Å²) in [6.07, 6.45) is 5.26. The van der Waals surface area contributed by atoms with Crippen LogP contribution < -0.4 is 5.32 Å². The highest BCUT2D eigenvalue weighted by molar-refractivity contribution is 9.10. The first-order chi connectivity index (χ1) is 9.49. The molecular weight excluding hydrogens is 317 g/mol. The molecule has 0 bridgehead atoms. The van der Waals surface area contributed by atoms with Gasteiger partial charge in [-0.15, -0.1) is 0 Å². The van der Waals surface area contributed by atoms with E-state index in [9.17, 15) is 4.39 Å². The summed E-state index contributed by atoms with van der Waals surface area (Å²) in [6.45, 7) is 6.82. The van der Waals surface area contributed by atoms with Gasteiger partial charge in [-0.1, -0.05) is 48.7 Å². The first-order valence-corrected chi connectivity index (χ1v) is 8.49. The van der Waals surface area contributed by atoms with E-state index in [2.05, 4.69) is 42.0 Å². The summed E-state index contributed by atoms with van der Waals surface area (Å²) in [7, 11) is 0. The van der Waals surface area contributed by atoms with Crippen molar-refractivity contribution in [2.75, 3.05) is 0 Å². The lowest BCUT2D eigenvalue weighted by Gasteiger charge is -2.37. The largest absolute Gasteiger partial charge is 0.307 e. The smallest absolute Gasteiger partial charge is 0.124 e. The second kappa shape index (κ2) is 7.04. The number of rotatable bonds is 4. The molecule has 0 aromatic heterocycles. The van der Waals surface area contributed by atoms with E-state index in [4.69, 9.17) is 0 Å². The van der Waals surface area contributed by atoms with E-state index >= 15 is 0 Å². The molecule has 0 amide bonds. The Balaban J connectivity index is 2.07. The highest BCUT2D eigenvalue weighted by atomic mass is 79.9. The molecule has 112 valence electrons. The van der Waals surface area contributed by atoms with E-state index in [-0.39, 0.29) is 11.9 Å². The number of benzene rings is 1. The molecule has 0 radical (unpaired) electrons. The maximum Gasteiger partial charge on any atom is 0.124 e. The molecule has 3 atom stereocenters. The van der Waals surface area contributed by atoms with Gasteiger partial charge in [0.05, 0.1) is 0 Å². The predicted molar refractivity (Wildman–Crippen MR) is 86.2 cm³/mol. The molecule has 3 unspecified atom stereocenters. The molecule has 3 heteroatoms. The predicted octanol–water partition coefficient (Wildman–Crippen LogP) is 5.45. The topological polar surface area (TPSA) is 12.0 Å². The van der Waals surface area contributed by atoms with E-state index in [1.54, 1.807) is 12.1 Å². The molecular formula is C17H25BrFN. The molecule has 1 nitrogen and oxygen atoms in total. The van der Waals surface area contributed by atoms with Gasteiger partial charge >= 0.3 is 0 Å². The van der Waals surface area contributed by atoms with Gasteiger partial charge in [0.2, 0.25) is 0 Å². The SMILES string of the molecule is CC(NC1CCCCC1C(C)C)c1ccc(F)cc1Br. The van der Waals surface area contributed by atoms with Gasteiger partial charge < -0.3 is 5.32 Å². The fourth-order valence-electron chi connectivity index (χ4n) is 3.43. The molecule has 1 aromatic carbocycles. The minimum Gasteiger partial charge on any atom is -0.307 e. The second-order valence-electron chi connectivity index (χ2n) is 6.35. The van der Waals surface area contributed by atoms with Gasteiger partial charge in [0.1, 0.15) is 5.82 Å². The van der Waals surface area contributed by atoms with Gasteiger partial charge in [-0.2, -0.15) is 0 Å². The minimum absolute atomic E-state index is 0.189. The number of nitrogens with one attached hydrogen (secondary N) is 1. The van der Waals surface area contributed by atoms with Crippen molar-refractivity contribution in [1.29, 1.82) is 0 Å². The van der Waals surface area contributed by atoms with Crippen molar-refractivity contribution in [1.82, 2.24) is 5.32 Å². The summed E-state index contributed by atoms with van der Waals surface area (Å²) in [5, 5.41) is 3.77. The fraction of sp³-hybridized carbons (Fsp3) is 0.647. The monoisotopic (exact) mass is 341 g/mol. The Morgan fingerprint density at radius 1 is 1.20 bits per heavy atom. The molecule has 0 saturated heterocycles. The summed E-state index contributed by atoms with van der Waals surface area (Å²) >= 11 is 3.48. The van der Waals surface area contributed by atoms with Gasteiger partial charge in [0.25, 0.3) is 0 Å². The van der Waals surface area contributed by atoms with E-state index in [0.717, 1.165) is 21.9 Å². The summed E-state index contributed by atoms with van der Waals surface area (Å²) in [4.78, 5) is 0. The standard InChI is InChI=1S/C17H25BrFN/c1-11(2)14-6-4-5-7-17(14)20-12(3)15-9-8-13(19)10-16(15)18/h8-12,14,17,20H,4-7H2,1-3H3. The zero-order valence-corrected chi connectivity index (χ0v) is 14.2. The summed E-state index contributed by atoms with van der Waals surface area (Å²) in [5.41, 5.74) is 1.14. The maximum absolute atomic E-state index is 13.2. The van der Waals surface area contributed by atoms with Crippen LogP contribution >= 0.6 is 15.9 Å². The molecule has 1 aliphatic carbocycles. The van der Waals surface area contributed by atoms with Crippen molar-refractivity contribution in [3.05, 3.63) is 34.1 Å². The number of hydrogen-bond acceptors (Lipinski definition) is 1. The van der Waals surface area contributed by atoms with E-state index in [1.807, 2.05) is 6.07 Å². The van der Waals surface area contributed by atoms with Crippen LogP contribution in [0, 0.1) is 17.7 Å². The van der Waals surface area contributed by atoms with Gasteiger partial charge in [0.15, 0.2) is 0 Å². The van der Waals surface area contributed by atoms with Crippen molar-refractivity contribution in [3.8, 4) is 0 Å². The molecule has 1 aliphatic rings. The Labute approximate surface area is 130 Å². The molecule has 1 aromatic rings. The molecule has 2 rings (SSSR count). The Morgan fingerprint density at radius 2 is 1.90 bits per heavy atom. The first kappa shape index (κ1) is 16.0. The lowest BCUT2D eigenvalue weighted by molar-refractivity contribution is 0.194. The Kier molecular flexibility index (Phi) is 5.62. The Hall–Kier alpha value is -0.410. The fourth-order valence-corrected chi connectivity index (χ4v) is 4.12. The first-order valence-electron chi connectivity index (χ1n) is 7.70. The van der Waals surface area contributed by atoms with Crippen LogP contribution in [0.25, 0.3) is 0 Å². The molecule has 1 saturated carbocycles. The van der Waals surface area contributed by atoms with E-state index in [1.165, 1.54) is 25.7 Å². The van der Waals surface area contributed by atoms with Crippen molar-refractivity contribution < 1.29 is 4.39 Å². The van der Waals surface area contributed by atoms with Gasteiger partial charge in [0, 0.05) is 16.6 Å². The quantitative estimate of drug-likeness (QED) is 0.767. The highest BCUT2D eigenvalue weighted by Gasteiger charge is 2.28. The van der Waals surface area contributed by atoms with Crippen LogP contribution in [0.3, 0.4) is 0 Å². The molecule has 0 aliphatic heterocycles. The van der Waals surface area contributed by atoms with E-state index < -0.39 is 0 Å². The normalized spacial score (nSPS) is 24.9. The third-order valence-corrected chi connectivity index (χ3v) is 5.26. The van der Waals surface area contributed by atoms with Crippen LogP contribution in [-0.4, -0.2) is 6.04 Å². The van der Waals surface area contributed by atoms with Crippen LogP contribution in [-0.2, 0) is 0 Å². The number of hydrogen-bond donors (Lipinski definition) is 1. The second-order valence-corrected chi connectivity index (χ2v) is 7.21. The average molecular weight is 342 g/mol. The number of halogens is 2. The third-order valence-electron chi connectivity index (χ3n) is 4.57. The summed E-state index contributed by atoms with van der Waals surface area (Å²) in [5.74, 6) is 1.28. The van der Waals surface area contributed by atoms with E-state index in [0.29, 0.717) is 6.04 Å². The van der Waals surface area contributed by atoms with Crippen LogP contribution in [0.4, 0.5) is 4.39 Å².